The van der Waals surface area contributed by atoms with Crippen LogP contribution in [0, 0.1) is 11.8 Å². The van der Waals surface area contributed by atoms with E-state index in [4.69, 9.17) is 32.8 Å². The number of phenolic OH excluding ortho intramolecular Hbond substituents is 3. The molecule has 14 atom stereocenters. The predicted octanol–water partition coefficient (Wildman–Crippen LogP) is 0.472. The summed E-state index contributed by atoms with van der Waals surface area (Å²) >= 11 is 0. The molecule has 2 saturated heterocycles. The van der Waals surface area contributed by atoms with Crippen LogP contribution in [0.15, 0.2) is 100 Å². The standard InChI is InChI=1S/C46H46O20/c1-60-43(58)35-32(20-2-8-22(48)9-3-20)33(21-4-10-23(49)11-5-21)36(35)44(59)61-18-31-38(53)40(55)42(57)46(66-31)63-25-14-26(50)34-27(51)16-28(64-29(34)15-25)19-6-12-24(13-7-19)62-45-41(56)39(54)37(52)30(17-47)65-45/h2-16,30-33,35-42,45-50,52-57H,17-18H2,1H3/t30-,31-,32+,33-,35-,36+,37-,38-,39+,40+,41-,42-,45-,46-/m1/s1. The average Bonchev–Trinajstić information content (AvgIpc) is 3.29. The first-order chi connectivity index (χ1) is 31.6. The molecule has 1 aromatic heterocycles. The minimum atomic E-state index is -1.91. The molecule has 5 aromatic rings. The van der Waals surface area contributed by atoms with Crippen molar-refractivity contribution in [1.29, 1.82) is 0 Å². The highest BCUT2D eigenvalue weighted by Gasteiger charge is 2.60. The van der Waals surface area contributed by atoms with E-state index in [9.17, 15) is 65.4 Å². The van der Waals surface area contributed by atoms with E-state index in [0.29, 0.717) is 16.7 Å². The van der Waals surface area contributed by atoms with Gasteiger partial charge >= 0.3 is 11.9 Å². The Morgan fingerprint density at radius 1 is 0.606 bits per heavy atom. The summed E-state index contributed by atoms with van der Waals surface area (Å²) in [6, 6.07) is 21.3. The number of fused-ring (bicyclic) bond motifs is 1. The molecular formula is C46H46O20. The molecule has 10 N–H and O–H groups in total. The third-order valence-corrected chi connectivity index (χ3v) is 12.2. The van der Waals surface area contributed by atoms with E-state index in [1.165, 1.54) is 61.7 Å². The van der Waals surface area contributed by atoms with Gasteiger partial charge in [0.05, 0.1) is 25.6 Å². The molecule has 1 saturated carbocycles. The molecule has 0 unspecified atom stereocenters. The summed E-state index contributed by atoms with van der Waals surface area (Å²) in [5.74, 6) is -5.85. The van der Waals surface area contributed by atoms with Gasteiger partial charge in [-0.25, -0.2) is 0 Å². The van der Waals surface area contributed by atoms with Crippen molar-refractivity contribution in [3.8, 4) is 40.1 Å². The van der Waals surface area contributed by atoms with Crippen LogP contribution in [0.4, 0.5) is 0 Å². The largest absolute Gasteiger partial charge is 0.508 e. The van der Waals surface area contributed by atoms with Gasteiger partial charge in [0, 0.05) is 35.6 Å². The van der Waals surface area contributed by atoms with Crippen LogP contribution in [0.5, 0.6) is 28.7 Å². The smallest absolute Gasteiger partial charge is 0.310 e. The summed E-state index contributed by atoms with van der Waals surface area (Å²) < 4.78 is 39.3. The zero-order chi connectivity index (χ0) is 47.1. The summed E-state index contributed by atoms with van der Waals surface area (Å²) in [4.78, 5) is 40.4. The molecule has 0 spiro atoms. The molecule has 3 heterocycles. The van der Waals surface area contributed by atoms with Crippen LogP contribution >= 0.6 is 0 Å². The minimum Gasteiger partial charge on any atom is -0.508 e. The second-order valence-corrected chi connectivity index (χ2v) is 16.2. The number of carbonyl (C=O) groups is 2. The quantitative estimate of drug-likeness (QED) is 0.0761. The van der Waals surface area contributed by atoms with Crippen LogP contribution in [-0.4, -0.2) is 145 Å². The maximum absolute atomic E-state index is 14.0. The minimum absolute atomic E-state index is 0.0146. The van der Waals surface area contributed by atoms with Crippen LogP contribution in [0.2, 0.25) is 0 Å². The van der Waals surface area contributed by atoms with Crippen LogP contribution in [0.25, 0.3) is 22.3 Å². The number of aliphatic hydroxyl groups excluding tert-OH is 7. The highest BCUT2D eigenvalue weighted by molar-refractivity contribution is 5.88. The van der Waals surface area contributed by atoms with E-state index in [1.807, 2.05) is 0 Å². The monoisotopic (exact) mass is 918 g/mol. The van der Waals surface area contributed by atoms with Crippen molar-refractivity contribution in [3.05, 3.63) is 112 Å². The van der Waals surface area contributed by atoms with Crippen molar-refractivity contribution in [2.45, 2.75) is 73.2 Å². The lowest BCUT2D eigenvalue weighted by atomic mass is 9.52. The Morgan fingerprint density at radius 3 is 1.67 bits per heavy atom. The van der Waals surface area contributed by atoms with E-state index < -0.39 is 121 Å². The Kier molecular flexibility index (Phi) is 13.2. The second kappa shape index (κ2) is 18.9. The van der Waals surface area contributed by atoms with Gasteiger partial charge in [-0.2, -0.15) is 0 Å². The van der Waals surface area contributed by atoms with Crippen molar-refractivity contribution in [2.75, 3.05) is 20.3 Å². The number of hydrogen-bond donors (Lipinski definition) is 10. The molecule has 20 nitrogen and oxygen atoms in total. The summed E-state index contributed by atoms with van der Waals surface area (Å²) in [5.41, 5.74) is 0.689. The fraction of sp³-hybridized carbons (Fsp3) is 0.370. The number of ether oxygens (including phenoxy) is 6. The maximum atomic E-state index is 14.0. The molecule has 4 aromatic carbocycles. The zero-order valence-electron chi connectivity index (χ0n) is 34.7. The number of rotatable bonds is 12. The van der Waals surface area contributed by atoms with E-state index in [-0.39, 0.29) is 39.7 Å². The molecule has 0 amide bonds. The van der Waals surface area contributed by atoms with Crippen molar-refractivity contribution in [2.24, 2.45) is 11.8 Å². The van der Waals surface area contributed by atoms with Gasteiger partial charge in [0.1, 0.15) is 101 Å². The molecule has 2 aliphatic heterocycles. The fourth-order valence-corrected chi connectivity index (χ4v) is 8.69. The van der Waals surface area contributed by atoms with Gasteiger partial charge in [0.25, 0.3) is 0 Å². The third kappa shape index (κ3) is 8.85. The Hall–Kier alpha value is -6.33. The highest BCUT2D eigenvalue weighted by atomic mass is 16.7. The van der Waals surface area contributed by atoms with Gasteiger partial charge < -0.3 is 83.9 Å². The number of phenols is 3. The second-order valence-electron chi connectivity index (χ2n) is 16.2. The lowest BCUT2D eigenvalue weighted by Gasteiger charge is -2.49. The molecule has 3 aliphatic rings. The SMILES string of the molecule is COC(=O)[C@H]1[C@@H](C(=O)OC[C@H]2O[C@@H](Oc3cc(O)c4c(=O)cc(-c5ccc(O[C@@H]6O[C@H](CO)[C@@H](O)[C@H](O)[C@H]6O)cc5)oc4c3)[C@H](O)[C@@H](O)[C@@H]2O)[C@H](c2ccc(O)cc2)[C@@H]1c1ccc(O)cc1. The molecule has 1 aliphatic carbocycles. The number of methoxy groups -OCH3 is 1. The number of aromatic hydroxyl groups is 3. The number of hydrogen-bond acceptors (Lipinski definition) is 20. The van der Waals surface area contributed by atoms with E-state index in [1.54, 1.807) is 24.3 Å². The van der Waals surface area contributed by atoms with E-state index in [0.717, 1.165) is 12.1 Å². The lowest BCUT2D eigenvalue weighted by molar-refractivity contribution is -0.279. The van der Waals surface area contributed by atoms with Gasteiger partial charge in [-0.05, 0) is 59.7 Å². The lowest BCUT2D eigenvalue weighted by Crippen LogP contribution is -2.60. The van der Waals surface area contributed by atoms with Gasteiger partial charge in [0.15, 0.2) is 5.43 Å². The molecule has 350 valence electrons. The van der Waals surface area contributed by atoms with Gasteiger partial charge in [0.2, 0.25) is 12.6 Å². The summed E-state index contributed by atoms with van der Waals surface area (Å²) in [5, 5.41) is 103. The molecule has 20 heteroatoms. The maximum Gasteiger partial charge on any atom is 0.310 e. The van der Waals surface area contributed by atoms with Gasteiger partial charge in [-0.3, -0.25) is 14.4 Å². The van der Waals surface area contributed by atoms with E-state index >= 15 is 0 Å². The first-order valence-corrected chi connectivity index (χ1v) is 20.7. The molecule has 0 bridgehead atoms. The topological polar surface area (TPSA) is 322 Å². The number of aliphatic hydroxyl groups is 7. The highest BCUT2D eigenvalue weighted by Crippen LogP contribution is 2.59. The van der Waals surface area contributed by atoms with Crippen molar-refractivity contribution in [1.82, 2.24) is 0 Å². The van der Waals surface area contributed by atoms with Crippen molar-refractivity contribution < 1.29 is 93.5 Å². The van der Waals surface area contributed by atoms with Crippen LogP contribution in [0.3, 0.4) is 0 Å². The summed E-state index contributed by atoms with van der Waals surface area (Å²) in [7, 11) is 1.17. The summed E-state index contributed by atoms with van der Waals surface area (Å²) in [6.45, 7) is -1.35. The van der Waals surface area contributed by atoms with Crippen molar-refractivity contribution in [3.63, 3.8) is 0 Å². The van der Waals surface area contributed by atoms with Crippen LogP contribution in [-0.2, 0) is 28.5 Å². The molecular weight excluding hydrogens is 872 g/mol. The normalized spacial score (nSPS) is 30.8. The van der Waals surface area contributed by atoms with Crippen molar-refractivity contribution >= 4 is 22.9 Å². The van der Waals surface area contributed by atoms with Gasteiger partial charge in [-0.15, -0.1) is 0 Å². The number of carbonyl (C=O) groups excluding carboxylic acids is 2. The van der Waals surface area contributed by atoms with Crippen LogP contribution < -0.4 is 14.9 Å². The fourth-order valence-electron chi connectivity index (χ4n) is 8.69. The third-order valence-electron chi connectivity index (χ3n) is 12.2. The Balaban J connectivity index is 0.982. The molecule has 3 fully saturated rings. The molecule has 8 rings (SSSR count). The van der Waals surface area contributed by atoms with Gasteiger partial charge in [-0.1, -0.05) is 24.3 Å². The zero-order valence-corrected chi connectivity index (χ0v) is 34.7. The van der Waals surface area contributed by atoms with E-state index in [2.05, 4.69) is 0 Å². The Labute approximate surface area is 373 Å². The Bertz CT molecular complexity index is 2580. The summed E-state index contributed by atoms with van der Waals surface area (Å²) in [6.07, 6.45) is -16.4. The predicted molar refractivity (Wildman–Crippen MR) is 223 cm³/mol. The molecule has 66 heavy (non-hydrogen) atoms. The average molecular weight is 919 g/mol. The number of esters is 2. The molecule has 0 radical (unpaired) electrons. The van der Waals surface area contributed by atoms with Crippen LogP contribution in [0.1, 0.15) is 23.0 Å². The number of benzene rings is 4. The first kappa shape index (κ1) is 46.2. The Morgan fingerprint density at radius 2 is 1.12 bits per heavy atom. The first-order valence-electron chi connectivity index (χ1n) is 20.7.